The molecule has 1 N–H and O–H groups in total. The van der Waals surface area contributed by atoms with Gasteiger partial charge in [0.15, 0.2) is 4.34 Å². The van der Waals surface area contributed by atoms with E-state index in [4.69, 9.17) is 0 Å². The summed E-state index contributed by atoms with van der Waals surface area (Å²) >= 11 is 4.73. The molecule has 8 heteroatoms. The van der Waals surface area contributed by atoms with Crippen LogP contribution in [0, 0.1) is 0 Å². The highest BCUT2D eigenvalue weighted by Gasteiger charge is 2.26. The van der Waals surface area contributed by atoms with Crippen molar-refractivity contribution in [2.45, 2.75) is 29.5 Å². The molecule has 1 unspecified atom stereocenters. The van der Waals surface area contributed by atoms with Gasteiger partial charge in [-0.3, -0.25) is 4.79 Å². The normalized spacial score (nSPS) is 15.1. The zero-order valence-electron chi connectivity index (χ0n) is 12.8. The molecular formula is C15H18N4OS3. The number of fused-ring (bicyclic) bond motifs is 1. The standard InChI is InChI=1S/C15H18N4OS3/c1-3-6-16-14-17-18-15(23-14)22-10(2)13(20)19-7-4-12-11(9-19)5-8-21-12/h3,5,8,10H,1,4,6-7,9H2,2H3,(H,16,17). The van der Waals surface area contributed by atoms with Crippen LogP contribution in [0.25, 0.3) is 0 Å². The van der Waals surface area contributed by atoms with E-state index in [1.54, 1.807) is 17.4 Å². The minimum atomic E-state index is -0.157. The van der Waals surface area contributed by atoms with E-state index in [0.29, 0.717) is 6.54 Å². The summed E-state index contributed by atoms with van der Waals surface area (Å²) in [5.41, 5.74) is 1.29. The van der Waals surface area contributed by atoms with Crippen molar-refractivity contribution in [1.82, 2.24) is 15.1 Å². The number of nitrogens with zero attached hydrogens (tertiary/aromatic N) is 3. The summed E-state index contributed by atoms with van der Waals surface area (Å²) in [6.07, 6.45) is 2.74. The van der Waals surface area contributed by atoms with Crippen molar-refractivity contribution in [1.29, 1.82) is 0 Å². The summed E-state index contributed by atoms with van der Waals surface area (Å²) in [5.74, 6) is 0.169. The van der Waals surface area contributed by atoms with E-state index in [1.165, 1.54) is 33.5 Å². The molecule has 1 aliphatic heterocycles. The van der Waals surface area contributed by atoms with Gasteiger partial charge in [-0.1, -0.05) is 29.2 Å². The molecule has 5 nitrogen and oxygen atoms in total. The van der Waals surface area contributed by atoms with Crippen molar-refractivity contribution in [3.05, 3.63) is 34.5 Å². The molecule has 122 valence electrons. The van der Waals surface area contributed by atoms with Crippen molar-refractivity contribution in [3.63, 3.8) is 0 Å². The SMILES string of the molecule is C=CCNc1nnc(SC(C)C(=O)N2CCc3sccc3C2)s1. The van der Waals surface area contributed by atoms with Crippen molar-refractivity contribution >= 4 is 45.5 Å². The van der Waals surface area contributed by atoms with E-state index in [-0.39, 0.29) is 11.2 Å². The fourth-order valence-corrected chi connectivity index (χ4v) is 5.26. The molecule has 1 atom stereocenters. The Morgan fingerprint density at radius 3 is 3.30 bits per heavy atom. The van der Waals surface area contributed by atoms with Gasteiger partial charge in [-0.15, -0.1) is 28.1 Å². The first-order valence-electron chi connectivity index (χ1n) is 7.36. The summed E-state index contributed by atoms with van der Waals surface area (Å²) in [7, 11) is 0. The van der Waals surface area contributed by atoms with Crippen LogP contribution < -0.4 is 5.32 Å². The van der Waals surface area contributed by atoms with E-state index in [1.807, 2.05) is 11.8 Å². The number of hydrogen-bond acceptors (Lipinski definition) is 7. The fourth-order valence-electron chi connectivity index (χ4n) is 2.38. The predicted octanol–water partition coefficient (Wildman–Crippen LogP) is 3.26. The third-order valence-corrected chi connectivity index (χ3v) is 6.62. The van der Waals surface area contributed by atoms with Crippen molar-refractivity contribution in [2.75, 3.05) is 18.4 Å². The summed E-state index contributed by atoms with van der Waals surface area (Å²) in [6.45, 7) is 7.79. The number of aromatic nitrogens is 2. The number of nitrogens with one attached hydrogen (secondary N) is 1. The van der Waals surface area contributed by atoms with E-state index in [0.717, 1.165) is 29.0 Å². The van der Waals surface area contributed by atoms with E-state index >= 15 is 0 Å². The summed E-state index contributed by atoms with van der Waals surface area (Å²) in [5, 5.41) is 14.0. The van der Waals surface area contributed by atoms with Gasteiger partial charge in [0.25, 0.3) is 0 Å². The highest BCUT2D eigenvalue weighted by atomic mass is 32.2. The number of hydrogen-bond donors (Lipinski definition) is 1. The number of anilines is 1. The van der Waals surface area contributed by atoms with Gasteiger partial charge in [0.2, 0.25) is 11.0 Å². The molecule has 1 aliphatic rings. The Labute approximate surface area is 147 Å². The highest BCUT2D eigenvalue weighted by molar-refractivity contribution is 8.02. The van der Waals surface area contributed by atoms with Crippen molar-refractivity contribution < 1.29 is 4.79 Å². The molecule has 2 aromatic heterocycles. The molecular weight excluding hydrogens is 348 g/mol. The first kappa shape index (κ1) is 16.5. The van der Waals surface area contributed by atoms with E-state index < -0.39 is 0 Å². The molecule has 1 amide bonds. The van der Waals surface area contributed by atoms with E-state index in [9.17, 15) is 4.79 Å². The zero-order valence-corrected chi connectivity index (χ0v) is 15.3. The highest BCUT2D eigenvalue weighted by Crippen LogP contribution is 2.31. The molecule has 0 bridgehead atoms. The first-order valence-corrected chi connectivity index (χ1v) is 9.94. The Morgan fingerprint density at radius 2 is 2.48 bits per heavy atom. The second-order valence-corrected chi connectivity index (χ2v) is 8.75. The molecule has 0 spiro atoms. The lowest BCUT2D eigenvalue weighted by molar-refractivity contribution is -0.131. The number of thioether (sulfide) groups is 1. The van der Waals surface area contributed by atoms with Crippen LogP contribution in [0.2, 0.25) is 0 Å². The average molecular weight is 367 g/mol. The van der Waals surface area contributed by atoms with Crippen LogP contribution in [0.15, 0.2) is 28.4 Å². The van der Waals surface area contributed by atoms with Crippen LogP contribution in [0.3, 0.4) is 0 Å². The topological polar surface area (TPSA) is 58.1 Å². The van der Waals surface area contributed by atoms with Gasteiger partial charge < -0.3 is 10.2 Å². The molecule has 0 saturated carbocycles. The monoisotopic (exact) mass is 366 g/mol. The van der Waals surface area contributed by atoms with Gasteiger partial charge >= 0.3 is 0 Å². The Balaban J connectivity index is 1.57. The van der Waals surface area contributed by atoms with Gasteiger partial charge in [0.05, 0.1) is 5.25 Å². The smallest absolute Gasteiger partial charge is 0.236 e. The number of carbonyl (C=O) groups excluding carboxylic acids is 1. The molecule has 23 heavy (non-hydrogen) atoms. The predicted molar refractivity (Wildman–Crippen MR) is 97.4 cm³/mol. The quantitative estimate of drug-likeness (QED) is 0.628. The number of amides is 1. The van der Waals surface area contributed by atoms with Crippen LogP contribution in [0.1, 0.15) is 17.4 Å². The second kappa shape index (κ2) is 7.46. The van der Waals surface area contributed by atoms with Gasteiger partial charge in [0, 0.05) is 24.5 Å². The van der Waals surface area contributed by atoms with Gasteiger partial charge in [-0.2, -0.15) is 0 Å². The molecule has 3 rings (SSSR count). The van der Waals surface area contributed by atoms with Crippen LogP contribution in [-0.4, -0.2) is 39.3 Å². The molecule has 0 fully saturated rings. The molecule has 0 aromatic carbocycles. The van der Waals surface area contributed by atoms with Crippen LogP contribution >= 0.6 is 34.4 Å². The molecule has 3 heterocycles. The molecule has 0 radical (unpaired) electrons. The maximum atomic E-state index is 12.6. The average Bonchev–Trinajstić information content (AvgIpc) is 3.20. The second-order valence-electron chi connectivity index (χ2n) is 5.18. The Kier molecular flexibility index (Phi) is 5.34. The van der Waals surface area contributed by atoms with Crippen molar-refractivity contribution in [2.24, 2.45) is 0 Å². The minimum Gasteiger partial charge on any atom is -0.357 e. The number of rotatable bonds is 6. The van der Waals surface area contributed by atoms with Crippen LogP contribution in [0.5, 0.6) is 0 Å². The fraction of sp³-hybridized carbons (Fsp3) is 0.400. The third kappa shape index (κ3) is 3.94. The molecule has 0 aliphatic carbocycles. The van der Waals surface area contributed by atoms with Crippen molar-refractivity contribution in [3.8, 4) is 0 Å². The maximum absolute atomic E-state index is 12.6. The number of carbonyl (C=O) groups is 1. The van der Waals surface area contributed by atoms with E-state index in [2.05, 4.69) is 33.5 Å². The van der Waals surface area contributed by atoms with Gasteiger partial charge in [-0.05, 0) is 30.4 Å². The molecule has 2 aromatic rings. The van der Waals surface area contributed by atoms with Gasteiger partial charge in [-0.25, -0.2) is 0 Å². The van der Waals surface area contributed by atoms with Crippen LogP contribution in [-0.2, 0) is 17.8 Å². The lowest BCUT2D eigenvalue weighted by Gasteiger charge is -2.28. The Bertz CT molecular complexity index is 696. The third-order valence-electron chi connectivity index (χ3n) is 3.55. The Hall–Kier alpha value is -1.38. The molecule has 0 saturated heterocycles. The largest absolute Gasteiger partial charge is 0.357 e. The number of thiophene rings is 1. The Morgan fingerprint density at radius 1 is 1.61 bits per heavy atom. The van der Waals surface area contributed by atoms with Gasteiger partial charge in [0.1, 0.15) is 0 Å². The lowest BCUT2D eigenvalue weighted by atomic mass is 10.1. The first-order chi connectivity index (χ1) is 11.2. The maximum Gasteiger partial charge on any atom is 0.236 e. The van der Waals surface area contributed by atoms with Crippen LogP contribution in [0.4, 0.5) is 5.13 Å². The summed E-state index contributed by atoms with van der Waals surface area (Å²) < 4.78 is 0.811. The lowest BCUT2D eigenvalue weighted by Crippen LogP contribution is -2.39. The minimum absolute atomic E-state index is 0.157. The summed E-state index contributed by atoms with van der Waals surface area (Å²) in [6, 6.07) is 2.12. The summed E-state index contributed by atoms with van der Waals surface area (Å²) in [4.78, 5) is 16.0. The zero-order chi connectivity index (χ0) is 16.2.